The van der Waals surface area contributed by atoms with Crippen LogP contribution in [0.3, 0.4) is 0 Å². The Morgan fingerprint density at radius 3 is 2.27 bits per heavy atom. The van der Waals surface area contributed by atoms with Crippen LogP contribution in [0, 0.1) is 17.0 Å². The lowest BCUT2D eigenvalue weighted by atomic mass is 10.1. The van der Waals surface area contributed by atoms with Crippen molar-refractivity contribution in [2.24, 2.45) is 0 Å². The van der Waals surface area contributed by atoms with Crippen molar-refractivity contribution >= 4 is 28.9 Å². The number of hydrogen-bond acceptors (Lipinski definition) is 5. The summed E-state index contributed by atoms with van der Waals surface area (Å²) in [5.41, 5.74) is 1.74. The second-order valence-corrected chi connectivity index (χ2v) is 6.44. The SMILES string of the molecule is COc1ccc(NC(=O)c2ccccc2NC(=O)c2ccc([N+](=O)[O-])c(C)c2)cc1. The van der Waals surface area contributed by atoms with Gasteiger partial charge in [0.25, 0.3) is 17.5 Å². The van der Waals surface area contributed by atoms with Crippen molar-refractivity contribution in [2.75, 3.05) is 17.7 Å². The Hall–Kier alpha value is -4.20. The Kier molecular flexibility index (Phi) is 6.07. The first-order valence-electron chi connectivity index (χ1n) is 9.00. The fourth-order valence-electron chi connectivity index (χ4n) is 2.86. The number of aryl methyl sites for hydroxylation is 1. The summed E-state index contributed by atoms with van der Waals surface area (Å²) in [6, 6.07) is 17.5. The number of methoxy groups -OCH3 is 1. The molecule has 8 heteroatoms. The van der Waals surface area contributed by atoms with Gasteiger partial charge in [-0.3, -0.25) is 19.7 Å². The maximum Gasteiger partial charge on any atom is 0.272 e. The number of para-hydroxylation sites is 1. The van der Waals surface area contributed by atoms with Crippen molar-refractivity contribution in [1.29, 1.82) is 0 Å². The molecule has 0 bridgehead atoms. The Morgan fingerprint density at radius 2 is 1.63 bits per heavy atom. The van der Waals surface area contributed by atoms with Crippen molar-refractivity contribution in [2.45, 2.75) is 6.92 Å². The van der Waals surface area contributed by atoms with Crippen LogP contribution in [-0.4, -0.2) is 23.8 Å². The number of ether oxygens (including phenoxy) is 1. The van der Waals surface area contributed by atoms with Crippen LogP contribution in [0.2, 0.25) is 0 Å². The Bertz CT molecular complexity index is 1110. The van der Waals surface area contributed by atoms with E-state index in [-0.39, 0.29) is 16.8 Å². The van der Waals surface area contributed by atoms with Crippen LogP contribution in [0.25, 0.3) is 0 Å². The number of hydrogen-bond donors (Lipinski definition) is 2. The van der Waals surface area contributed by atoms with Gasteiger partial charge >= 0.3 is 0 Å². The number of carbonyl (C=O) groups excluding carboxylic acids is 2. The van der Waals surface area contributed by atoms with Crippen molar-refractivity contribution < 1.29 is 19.2 Å². The third-order valence-corrected chi connectivity index (χ3v) is 4.42. The Balaban J connectivity index is 1.79. The highest BCUT2D eigenvalue weighted by atomic mass is 16.6. The van der Waals surface area contributed by atoms with Gasteiger partial charge in [0.2, 0.25) is 0 Å². The Morgan fingerprint density at radius 1 is 0.933 bits per heavy atom. The number of rotatable bonds is 6. The summed E-state index contributed by atoms with van der Waals surface area (Å²) in [5.74, 6) is -0.201. The summed E-state index contributed by atoms with van der Waals surface area (Å²) < 4.78 is 5.09. The number of nitro benzene ring substituents is 1. The van der Waals surface area contributed by atoms with Gasteiger partial charge in [0.15, 0.2) is 0 Å². The van der Waals surface area contributed by atoms with E-state index >= 15 is 0 Å². The van der Waals surface area contributed by atoms with Gasteiger partial charge in [-0.25, -0.2) is 0 Å². The molecule has 3 aromatic carbocycles. The minimum absolute atomic E-state index is 0.0641. The minimum Gasteiger partial charge on any atom is -0.497 e. The molecule has 0 radical (unpaired) electrons. The van der Waals surface area contributed by atoms with E-state index in [0.717, 1.165) is 0 Å². The molecule has 152 valence electrons. The zero-order valence-electron chi connectivity index (χ0n) is 16.3. The van der Waals surface area contributed by atoms with Crippen molar-refractivity contribution in [3.05, 3.63) is 93.5 Å². The zero-order valence-corrected chi connectivity index (χ0v) is 16.3. The zero-order chi connectivity index (χ0) is 21.7. The molecule has 0 saturated heterocycles. The van der Waals surface area contributed by atoms with Gasteiger partial charge in [0.1, 0.15) is 5.75 Å². The van der Waals surface area contributed by atoms with Crippen LogP contribution in [0.15, 0.2) is 66.7 Å². The number of benzene rings is 3. The predicted molar refractivity (Wildman–Crippen MR) is 113 cm³/mol. The number of amides is 2. The maximum absolute atomic E-state index is 12.7. The van der Waals surface area contributed by atoms with E-state index in [9.17, 15) is 19.7 Å². The predicted octanol–water partition coefficient (Wildman–Crippen LogP) is 4.42. The minimum atomic E-state index is -0.504. The summed E-state index contributed by atoms with van der Waals surface area (Å²) in [6.07, 6.45) is 0. The van der Waals surface area contributed by atoms with Gasteiger partial charge in [0, 0.05) is 22.9 Å². The molecule has 0 fully saturated rings. The summed E-state index contributed by atoms with van der Waals surface area (Å²) in [6.45, 7) is 1.56. The third-order valence-electron chi connectivity index (χ3n) is 4.42. The highest BCUT2D eigenvalue weighted by molar-refractivity contribution is 6.12. The molecule has 0 saturated carbocycles. The lowest BCUT2D eigenvalue weighted by molar-refractivity contribution is -0.385. The molecule has 0 unspecified atom stereocenters. The van der Waals surface area contributed by atoms with Gasteiger partial charge < -0.3 is 15.4 Å². The summed E-state index contributed by atoms with van der Waals surface area (Å²) in [4.78, 5) is 35.8. The molecule has 8 nitrogen and oxygen atoms in total. The van der Waals surface area contributed by atoms with Crippen molar-refractivity contribution in [3.63, 3.8) is 0 Å². The van der Waals surface area contributed by atoms with Crippen LogP contribution >= 0.6 is 0 Å². The quantitative estimate of drug-likeness (QED) is 0.466. The first-order valence-corrected chi connectivity index (χ1v) is 9.00. The molecular formula is C22H19N3O5. The van der Waals surface area contributed by atoms with E-state index in [1.54, 1.807) is 62.6 Å². The smallest absolute Gasteiger partial charge is 0.272 e. The second-order valence-electron chi connectivity index (χ2n) is 6.44. The first-order chi connectivity index (χ1) is 14.4. The number of anilines is 2. The van der Waals surface area contributed by atoms with E-state index in [4.69, 9.17) is 4.74 Å². The number of nitrogens with one attached hydrogen (secondary N) is 2. The van der Waals surface area contributed by atoms with E-state index in [1.165, 1.54) is 18.2 Å². The summed E-state index contributed by atoms with van der Waals surface area (Å²) in [5, 5.41) is 16.4. The number of carbonyl (C=O) groups is 2. The molecule has 0 atom stereocenters. The van der Waals surface area contributed by atoms with Crippen molar-refractivity contribution in [1.82, 2.24) is 0 Å². The van der Waals surface area contributed by atoms with Gasteiger partial charge in [-0.15, -0.1) is 0 Å². The normalized spacial score (nSPS) is 10.2. The standard InChI is InChI=1S/C22H19N3O5/c1-14-13-15(7-12-20(14)25(28)29)21(26)24-19-6-4-3-5-18(19)22(27)23-16-8-10-17(30-2)11-9-16/h3-13H,1-2H3,(H,23,27)(H,24,26). The second kappa shape index (κ2) is 8.87. The van der Waals surface area contributed by atoms with Gasteiger partial charge in [-0.2, -0.15) is 0 Å². The van der Waals surface area contributed by atoms with Crippen LogP contribution in [-0.2, 0) is 0 Å². The maximum atomic E-state index is 12.7. The summed E-state index contributed by atoms with van der Waals surface area (Å²) >= 11 is 0. The molecule has 0 spiro atoms. The average molecular weight is 405 g/mol. The number of nitro groups is 1. The first kappa shape index (κ1) is 20.5. The molecule has 3 aromatic rings. The highest BCUT2D eigenvalue weighted by Crippen LogP contribution is 2.22. The topological polar surface area (TPSA) is 111 Å². The largest absolute Gasteiger partial charge is 0.497 e. The Labute approximate surface area is 172 Å². The molecule has 0 aliphatic heterocycles. The molecule has 0 heterocycles. The van der Waals surface area contributed by atoms with Crippen LogP contribution in [0.1, 0.15) is 26.3 Å². The molecule has 2 amide bonds. The lowest BCUT2D eigenvalue weighted by Crippen LogP contribution is -2.18. The van der Waals surface area contributed by atoms with E-state index < -0.39 is 16.7 Å². The van der Waals surface area contributed by atoms with Gasteiger partial charge in [-0.05, 0) is 55.5 Å². The molecule has 30 heavy (non-hydrogen) atoms. The van der Waals surface area contributed by atoms with Crippen LogP contribution in [0.5, 0.6) is 5.75 Å². The fraction of sp³-hybridized carbons (Fsp3) is 0.0909. The number of nitrogens with zero attached hydrogens (tertiary/aromatic N) is 1. The van der Waals surface area contributed by atoms with E-state index in [1.807, 2.05) is 0 Å². The lowest BCUT2D eigenvalue weighted by Gasteiger charge is -2.12. The molecular weight excluding hydrogens is 386 g/mol. The van der Waals surface area contributed by atoms with Gasteiger partial charge in [0.05, 0.1) is 23.3 Å². The van der Waals surface area contributed by atoms with Gasteiger partial charge in [-0.1, -0.05) is 12.1 Å². The fourth-order valence-corrected chi connectivity index (χ4v) is 2.86. The van der Waals surface area contributed by atoms with E-state index in [0.29, 0.717) is 22.7 Å². The molecule has 0 aliphatic carbocycles. The van der Waals surface area contributed by atoms with Crippen LogP contribution in [0.4, 0.5) is 17.1 Å². The molecule has 0 aliphatic rings. The highest BCUT2D eigenvalue weighted by Gasteiger charge is 2.17. The third kappa shape index (κ3) is 4.61. The molecule has 0 aromatic heterocycles. The van der Waals surface area contributed by atoms with E-state index in [2.05, 4.69) is 10.6 Å². The monoisotopic (exact) mass is 405 g/mol. The molecule has 2 N–H and O–H groups in total. The average Bonchev–Trinajstić information content (AvgIpc) is 2.74. The van der Waals surface area contributed by atoms with Crippen LogP contribution < -0.4 is 15.4 Å². The van der Waals surface area contributed by atoms with Crippen molar-refractivity contribution in [3.8, 4) is 5.75 Å². The molecule has 3 rings (SSSR count). The summed E-state index contributed by atoms with van der Waals surface area (Å²) in [7, 11) is 1.55.